The molecule has 2 rings (SSSR count). The van der Waals surface area contributed by atoms with Gasteiger partial charge in [0.1, 0.15) is 11.6 Å². The van der Waals surface area contributed by atoms with Gasteiger partial charge in [0, 0.05) is 25.2 Å². The molecule has 96 valence electrons. The van der Waals surface area contributed by atoms with E-state index in [0.717, 1.165) is 0 Å². The highest BCUT2D eigenvalue weighted by Crippen LogP contribution is 2.23. The lowest BCUT2D eigenvalue weighted by Crippen LogP contribution is -2.38. The number of halogens is 2. The van der Waals surface area contributed by atoms with Crippen LogP contribution in [0.15, 0.2) is 18.2 Å². The van der Waals surface area contributed by atoms with E-state index < -0.39 is 17.6 Å². The predicted octanol–water partition coefficient (Wildman–Crippen LogP) is 1.90. The quantitative estimate of drug-likeness (QED) is 0.824. The van der Waals surface area contributed by atoms with Crippen molar-refractivity contribution < 1.29 is 13.5 Å². The van der Waals surface area contributed by atoms with Crippen LogP contribution < -0.4 is 0 Å². The van der Waals surface area contributed by atoms with Gasteiger partial charge in [0.25, 0.3) is 0 Å². The third-order valence-corrected chi connectivity index (χ3v) is 3.05. The molecule has 1 atom stereocenters. The molecule has 0 N–H and O–H groups in total. The molecule has 0 spiro atoms. The van der Waals surface area contributed by atoms with Crippen LogP contribution in [-0.4, -0.2) is 37.7 Å². The summed E-state index contributed by atoms with van der Waals surface area (Å²) in [5, 5.41) is 9.12. The molecule has 1 aromatic rings. The lowest BCUT2D eigenvalue weighted by molar-refractivity contribution is 0.0368. The number of hydrogen-bond donors (Lipinski definition) is 0. The highest BCUT2D eigenvalue weighted by atomic mass is 19.1. The first-order chi connectivity index (χ1) is 8.72. The lowest BCUT2D eigenvalue weighted by Gasteiger charge is -2.28. The molecule has 3 nitrogen and oxygen atoms in total. The molecular weight excluding hydrogens is 238 g/mol. The lowest BCUT2D eigenvalue weighted by atomic mass is 9.98. The van der Waals surface area contributed by atoms with Crippen LogP contribution in [0.5, 0.6) is 0 Å². The molecule has 0 amide bonds. The third-order valence-electron chi connectivity index (χ3n) is 3.05. The molecule has 18 heavy (non-hydrogen) atoms. The Bertz CT molecular complexity index is 433. The van der Waals surface area contributed by atoms with E-state index in [0.29, 0.717) is 32.8 Å². The van der Waals surface area contributed by atoms with Crippen LogP contribution in [0.2, 0.25) is 0 Å². The van der Waals surface area contributed by atoms with Crippen molar-refractivity contribution in [3.63, 3.8) is 0 Å². The molecule has 0 aromatic heterocycles. The van der Waals surface area contributed by atoms with Gasteiger partial charge < -0.3 is 4.74 Å². The first-order valence-corrected chi connectivity index (χ1v) is 5.86. The second kappa shape index (κ2) is 5.89. The molecule has 5 heteroatoms. The first-order valence-electron chi connectivity index (χ1n) is 5.86. The van der Waals surface area contributed by atoms with E-state index in [1.54, 1.807) is 0 Å². The van der Waals surface area contributed by atoms with Crippen LogP contribution in [0.25, 0.3) is 0 Å². The van der Waals surface area contributed by atoms with Gasteiger partial charge in [-0.05, 0) is 12.1 Å². The smallest absolute Gasteiger partial charge is 0.130 e. The zero-order chi connectivity index (χ0) is 13.0. The molecule has 0 bridgehead atoms. The minimum absolute atomic E-state index is 0.133. The van der Waals surface area contributed by atoms with E-state index in [4.69, 9.17) is 10.00 Å². The van der Waals surface area contributed by atoms with Gasteiger partial charge in [-0.25, -0.2) is 8.78 Å². The highest BCUT2D eigenvalue weighted by Gasteiger charge is 2.23. The van der Waals surface area contributed by atoms with E-state index in [9.17, 15) is 8.78 Å². The standard InChI is InChI=1S/C13H14F2N2O/c14-11-2-1-3-12(15)13(11)10(8-16)9-17-4-6-18-7-5-17/h1-3,10H,4-7,9H2. The Hall–Kier alpha value is -1.51. The molecule has 0 radical (unpaired) electrons. The largest absolute Gasteiger partial charge is 0.379 e. The van der Waals surface area contributed by atoms with Crippen molar-refractivity contribution >= 4 is 0 Å². The summed E-state index contributed by atoms with van der Waals surface area (Å²) in [7, 11) is 0. The van der Waals surface area contributed by atoms with Gasteiger partial charge in [-0.1, -0.05) is 6.07 Å². The molecule has 1 fully saturated rings. The Labute approximate surface area is 105 Å². The van der Waals surface area contributed by atoms with Crippen LogP contribution in [0.3, 0.4) is 0 Å². The van der Waals surface area contributed by atoms with Gasteiger partial charge in [-0.2, -0.15) is 5.26 Å². The summed E-state index contributed by atoms with van der Waals surface area (Å²) in [5.74, 6) is -2.10. The minimum atomic E-state index is -0.788. The molecule has 1 saturated heterocycles. The molecule has 1 unspecified atom stereocenters. The molecule has 0 aliphatic carbocycles. The first kappa shape index (κ1) is 12.9. The van der Waals surface area contributed by atoms with Crippen molar-refractivity contribution in [2.45, 2.75) is 5.92 Å². The van der Waals surface area contributed by atoms with Crippen molar-refractivity contribution in [2.24, 2.45) is 0 Å². The van der Waals surface area contributed by atoms with Gasteiger partial charge in [-0.3, -0.25) is 4.90 Å². The van der Waals surface area contributed by atoms with Gasteiger partial charge in [0.2, 0.25) is 0 Å². The molecular formula is C13H14F2N2O. The van der Waals surface area contributed by atoms with E-state index in [2.05, 4.69) is 0 Å². The normalized spacial score (nSPS) is 18.3. The summed E-state index contributed by atoms with van der Waals surface area (Å²) in [6.45, 7) is 2.90. The number of hydrogen-bond acceptors (Lipinski definition) is 3. The molecule has 1 heterocycles. The number of nitrogens with zero attached hydrogens (tertiary/aromatic N) is 2. The van der Waals surface area contributed by atoms with Crippen LogP contribution in [0.4, 0.5) is 8.78 Å². The van der Waals surface area contributed by atoms with Gasteiger partial charge in [0.15, 0.2) is 0 Å². The number of nitriles is 1. The fourth-order valence-corrected chi connectivity index (χ4v) is 2.08. The maximum Gasteiger partial charge on any atom is 0.130 e. The van der Waals surface area contributed by atoms with E-state index in [1.165, 1.54) is 18.2 Å². The topological polar surface area (TPSA) is 36.3 Å². The summed E-state index contributed by atoms with van der Waals surface area (Å²) >= 11 is 0. The molecule has 1 aromatic carbocycles. The monoisotopic (exact) mass is 252 g/mol. The van der Waals surface area contributed by atoms with Gasteiger partial charge in [0.05, 0.1) is 25.2 Å². The predicted molar refractivity (Wildman–Crippen MR) is 62.0 cm³/mol. The summed E-state index contributed by atoms with van der Waals surface area (Å²) in [6, 6.07) is 5.65. The van der Waals surface area contributed by atoms with Gasteiger partial charge in [-0.15, -0.1) is 0 Å². The average molecular weight is 252 g/mol. The minimum Gasteiger partial charge on any atom is -0.379 e. The fraction of sp³-hybridized carbons (Fsp3) is 0.462. The third kappa shape index (κ3) is 2.84. The molecule has 1 aliphatic rings. The number of rotatable bonds is 3. The Balaban J connectivity index is 2.15. The zero-order valence-electron chi connectivity index (χ0n) is 9.90. The second-order valence-electron chi connectivity index (χ2n) is 4.23. The van der Waals surface area contributed by atoms with Crippen LogP contribution in [0.1, 0.15) is 11.5 Å². The fourth-order valence-electron chi connectivity index (χ4n) is 2.08. The van der Waals surface area contributed by atoms with Crippen molar-refractivity contribution in [1.82, 2.24) is 4.90 Å². The van der Waals surface area contributed by atoms with Crippen LogP contribution >= 0.6 is 0 Å². The van der Waals surface area contributed by atoms with E-state index in [-0.39, 0.29) is 5.56 Å². The highest BCUT2D eigenvalue weighted by molar-refractivity contribution is 5.28. The average Bonchev–Trinajstić information content (AvgIpc) is 2.38. The Morgan fingerprint density at radius 1 is 1.28 bits per heavy atom. The van der Waals surface area contributed by atoms with Crippen LogP contribution in [0, 0.1) is 23.0 Å². The van der Waals surface area contributed by atoms with Crippen molar-refractivity contribution in [1.29, 1.82) is 5.26 Å². The van der Waals surface area contributed by atoms with Crippen LogP contribution in [-0.2, 0) is 4.74 Å². The maximum atomic E-state index is 13.6. The number of benzene rings is 1. The number of ether oxygens (including phenoxy) is 1. The zero-order valence-corrected chi connectivity index (χ0v) is 9.90. The second-order valence-corrected chi connectivity index (χ2v) is 4.23. The van der Waals surface area contributed by atoms with Crippen molar-refractivity contribution in [2.75, 3.05) is 32.8 Å². The Morgan fingerprint density at radius 3 is 2.44 bits per heavy atom. The van der Waals surface area contributed by atoms with E-state index in [1.807, 2.05) is 11.0 Å². The molecule has 0 saturated carbocycles. The summed E-state index contributed by atoms with van der Waals surface area (Å²) in [4.78, 5) is 1.99. The summed E-state index contributed by atoms with van der Waals surface area (Å²) in [5.41, 5.74) is -0.133. The van der Waals surface area contributed by atoms with Crippen molar-refractivity contribution in [3.05, 3.63) is 35.4 Å². The SMILES string of the molecule is N#CC(CN1CCOCC1)c1c(F)cccc1F. The maximum absolute atomic E-state index is 13.6. The number of morpholine rings is 1. The Kier molecular flexibility index (Phi) is 4.24. The Morgan fingerprint density at radius 2 is 1.89 bits per heavy atom. The van der Waals surface area contributed by atoms with Gasteiger partial charge >= 0.3 is 0 Å². The summed E-state index contributed by atoms with van der Waals surface area (Å²) in [6.07, 6.45) is 0. The van der Waals surface area contributed by atoms with Crippen molar-refractivity contribution in [3.8, 4) is 6.07 Å². The summed E-state index contributed by atoms with van der Waals surface area (Å²) < 4.78 is 32.4. The molecule has 1 aliphatic heterocycles. The van der Waals surface area contributed by atoms with E-state index >= 15 is 0 Å².